The van der Waals surface area contributed by atoms with Gasteiger partial charge in [-0.25, -0.2) is 0 Å². The SMILES string of the molecule is Cc1cc(Br)c(NC(=O)c2cccc(Br)c2)c(Br)c1. The molecule has 0 aliphatic heterocycles. The van der Waals surface area contributed by atoms with E-state index in [4.69, 9.17) is 0 Å². The van der Waals surface area contributed by atoms with Crippen LogP contribution in [0.15, 0.2) is 49.8 Å². The van der Waals surface area contributed by atoms with Crippen LogP contribution >= 0.6 is 47.8 Å². The first-order valence-electron chi connectivity index (χ1n) is 5.50. The summed E-state index contributed by atoms with van der Waals surface area (Å²) in [6.07, 6.45) is 0. The summed E-state index contributed by atoms with van der Waals surface area (Å²) in [6, 6.07) is 11.2. The number of rotatable bonds is 2. The van der Waals surface area contributed by atoms with E-state index < -0.39 is 0 Å². The van der Waals surface area contributed by atoms with Gasteiger partial charge in [0.25, 0.3) is 5.91 Å². The first-order valence-corrected chi connectivity index (χ1v) is 7.88. The summed E-state index contributed by atoms with van der Waals surface area (Å²) in [7, 11) is 0. The van der Waals surface area contributed by atoms with Gasteiger partial charge in [-0.15, -0.1) is 0 Å². The van der Waals surface area contributed by atoms with Crippen molar-refractivity contribution in [2.75, 3.05) is 5.32 Å². The monoisotopic (exact) mass is 445 g/mol. The van der Waals surface area contributed by atoms with Gasteiger partial charge in [-0.3, -0.25) is 4.79 Å². The molecule has 0 atom stereocenters. The molecule has 5 heteroatoms. The second-order valence-corrected chi connectivity index (χ2v) is 6.69. The molecule has 2 aromatic carbocycles. The van der Waals surface area contributed by atoms with E-state index >= 15 is 0 Å². The Morgan fingerprint density at radius 2 is 1.68 bits per heavy atom. The van der Waals surface area contributed by atoms with E-state index in [0.29, 0.717) is 5.56 Å². The molecule has 1 amide bonds. The molecule has 0 unspecified atom stereocenters. The zero-order chi connectivity index (χ0) is 14.0. The lowest BCUT2D eigenvalue weighted by atomic mass is 10.2. The molecule has 98 valence electrons. The number of amides is 1. The highest BCUT2D eigenvalue weighted by atomic mass is 79.9. The van der Waals surface area contributed by atoms with Gasteiger partial charge in [0.05, 0.1) is 5.69 Å². The van der Waals surface area contributed by atoms with E-state index in [2.05, 4.69) is 53.1 Å². The Morgan fingerprint density at radius 3 is 2.26 bits per heavy atom. The summed E-state index contributed by atoms with van der Waals surface area (Å²) < 4.78 is 2.58. The van der Waals surface area contributed by atoms with Crippen LogP contribution in [0.1, 0.15) is 15.9 Å². The second-order valence-electron chi connectivity index (χ2n) is 4.07. The number of aryl methyl sites for hydroxylation is 1. The first kappa shape index (κ1) is 14.8. The number of nitrogens with one attached hydrogen (secondary N) is 1. The Kier molecular flexibility index (Phi) is 4.81. The van der Waals surface area contributed by atoms with Crippen LogP contribution in [0.25, 0.3) is 0 Å². The summed E-state index contributed by atoms with van der Waals surface area (Å²) in [5.41, 5.74) is 2.45. The zero-order valence-corrected chi connectivity index (χ0v) is 14.8. The maximum Gasteiger partial charge on any atom is 0.255 e. The van der Waals surface area contributed by atoms with Crippen LogP contribution < -0.4 is 5.32 Å². The van der Waals surface area contributed by atoms with Crippen molar-refractivity contribution in [1.82, 2.24) is 0 Å². The standard InChI is InChI=1S/C14H10Br3NO/c1-8-5-11(16)13(12(17)6-8)18-14(19)9-3-2-4-10(15)7-9/h2-7H,1H3,(H,18,19). The van der Waals surface area contributed by atoms with E-state index in [-0.39, 0.29) is 5.91 Å². The summed E-state index contributed by atoms with van der Waals surface area (Å²) in [4.78, 5) is 12.2. The second kappa shape index (κ2) is 6.20. The highest BCUT2D eigenvalue weighted by Gasteiger charge is 2.11. The van der Waals surface area contributed by atoms with E-state index in [9.17, 15) is 4.79 Å². The third kappa shape index (κ3) is 3.68. The number of anilines is 1. The molecule has 0 aliphatic rings. The molecule has 2 aromatic rings. The minimum Gasteiger partial charge on any atom is -0.320 e. The third-order valence-electron chi connectivity index (χ3n) is 2.51. The quantitative estimate of drug-likeness (QED) is 0.643. The average molecular weight is 448 g/mol. The number of benzene rings is 2. The topological polar surface area (TPSA) is 29.1 Å². The predicted molar refractivity (Wildman–Crippen MR) is 88.7 cm³/mol. The van der Waals surface area contributed by atoms with Crippen LogP contribution in [-0.2, 0) is 0 Å². The minimum absolute atomic E-state index is 0.147. The van der Waals surface area contributed by atoms with Gasteiger partial charge in [-0.05, 0) is 74.7 Å². The maximum absolute atomic E-state index is 12.2. The lowest BCUT2D eigenvalue weighted by Gasteiger charge is -2.11. The molecular weight excluding hydrogens is 438 g/mol. The van der Waals surface area contributed by atoms with E-state index in [1.165, 1.54) is 0 Å². The highest BCUT2D eigenvalue weighted by Crippen LogP contribution is 2.32. The van der Waals surface area contributed by atoms with Gasteiger partial charge < -0.3 is 5.32 Å². The van der Waals surface area contributed by atoms with Crippen LogP contribution in [-0.4, -0.2) is 5.91 Å². The molecule has 0 fully saturated rings. The van der Waals surface area contributed by atoms with Gasteiger partial charge in [0, 0.05) is 19.0 Å². The van der Waals surface area contributed by atoms with Crippen molar-refractivity contribution in [3.8, 4) is 0 Å². The molecule has 0 aliphatic carbocycles. The molecule has 2 rings (SSSR count). The average Bonchev–Trinajstić information content (AvgIpc) is 2.33. The summed E-state index contributed by atoms with van der Waals surface area (Å²) in [5.74, 6) is -0.147. The van der Waals surface area contributed by atoms with Crippen LogP contribution in [0.2, 0.25) is 0 Å². The molecule has 0 spiro atoms. The summed E-state index contributed by atoms with van der Waals surface area (Å²) >= 11 is 10.3. The number of hydrogen-bond donors (Lipinski definition) is 1. The van der Waals surface area contributed by atoms with Gasteiger partial charge in [0.15, 0.2) is 0 Å². The maximum atomic E-state index is 12.2. The first-order chi connectivity index (χ1) is 8.97. The largest absolute Gasteiger partial charge is 0.320 e. The molecule has 0 radical (unpaired) electrons. The van der Waals surface area contributed by atoms with Gasteiger partial charge in [-0.1, -0.05) is 22.0 Å². The molecular formula is C14H10Br3NO. The van der Waals surface area contributed by atoms with Gasteiger partial charge in [0.2, 0.25) is 0 Å². The lowest BCUT2D eigenvalue weighted by molar-refractivity contribution is 0.102. The third-order valence-corrected chi connectivity index (χ3v) is 4.26. The molecule has 0 saturated carbocycles. The number of carbonyl (C=O) groups is 1. The number of halogens is 3. The molecule has 0 aromatic heterocycles. The van der Waals surface area contributed by atoms with Crippen LogP contribution in [0.4, 0.5) is 5.69 Å². The fourth-order valence-electron chi connectivity index (χ4n) is 1.63. The lowest BCUT2D eigenvalue weighted by Crippen LogP contribution is -2.12. The summed E-state index contributed by atoms with van der Waals surface area (Å²) in [5, 5.41) is 2.90. The van der Waals surface area contributed by atoms with Gasteiger partial charge in [0.1, 0.15) is 0 Å². The van der Waals surface area contributed by atoms with Crippen molar-refractivity contribution in [2.45, 2.75) is 6.92 Å². The van der Waals surface area contributed by atoms with Crippen LogP contribution in [0, 0.1) is 6.92 Å². The molecule has 19 heavy (non-hydrogen) atoms. The van der Waals surface area contributed by atoms with Crippen molar-refractivity contribution in [1.29, 1.82) is 0 Å². The van der Waals surface area contributed by atoms with Gasteiger partial charge >= 0.3 is 0 Å². The Hall–Kier alpha value is -0.650. The normalized spacial score (nSPS) is 10.3. The summed E-state index contributed by atoms with van der Waals surface area (Å²) in [6.45, 7) is 2.00. The fraction of sp³-hybridized carbons (Fsp3) is 0.0714. The van der Waals surface area contributed by atoms with Crippen molar-refractivity contribution in [2.24, 2.45) is 0 Å². The Balaban J connectivity index is 2.29. The van der Waals surface area contributed by atoms with E-state index in [1.54, 1.807) is 12.1 Å². The Bertz CT molecular complexity index is 617. The highest BCUT2D eigenvalue weighted by molar-refractivity contribution is 9.11. The minimum atomic E-state index is -0.147. The Labute approximate surface area is 137 Å². The predicted octanol–water partition coefficient (Wildman–Crippen LogP) is 5.53. The molecule has 0 heterocycles. The van der Waals surface area contributed by atoms with Gasteiger partial charge in [-0.2, -0.15) is 0 Å². The smallest absolute Gasteiger partial charge is 0.255 e. The fourth-order valence-corrected chi connectivity index (χ4v) is 3.65. The van der Waals surface area contributed by atoms with Crippen LogP contribution in [0.3, 0.4) is 0 Å². The van der Waals surface area contributed by atoms with Crippen molar-refractivity contribution in [3.05, 3.63) is 60.9 Å². The van der Waals surface area contributed by atoms with Crippen molar-refractivity contribution >= 4 is 59.4 Å². The molecule has 0 saturated heterocycles. The number of carbonyl (C=O) groups excluding carboxylic acids is 1. The number of hydrogen-bond acceptors (Lipinski definition) is 1. The Morgan fingerprint density at radius 1 is 1.05 bits per heavy atom. The molecule has 0 bridgehead atoms. The van der Waals surface area contributed by atoms with E-state index in [1.807, 2.05) is 31.2 Å². The molecule has 2 nitrogen and oxygen atoms in total. The van der Waals surface area contributed by atoms with E-state index in [0.717, 1.165) is 24.7 Å². The van der Waals surface area contributed by atoms with Crippen molar-refractivity contribution < 1.29 is 4.79 Å². The van der Waals surface area contributed by atoms with Crippen LogP contribution in [0.5, 0.6) is 0 Å². The van der Waals surface area contributed by atoms with Crippen molar-refractivity contribution in [3.63, 3.8) is 0 Å². The zero-order valence-electron chi connectivity index (χ0n) is 10.0. The molecule has 1 N–H and O–H groups in total.